The number of carbonyl (C=O) groups is 2. The first kappa shape index (κ1) is 20.0. The van der Waals surface area contributed by atoms with E-state index in [1.54, 1.807) is 23.6 Å². The van der Waals surface area contributed by atoms with Crippen molar-refractivity contribution in [3.63, 3.8) is 0 Å². The Morgan fingerprint density at radius 2 is 1.58 bits per heavy atom. The van der Waals surface area contributed by atoms with Gasteiger partial charge in [-0.3, -0.25) is 9.59 Å². The lowest BCUT2D eigenvalue weighted by Gasteiger charge is -2.28. The Labute approximate surface area is 160 Å². The number of thioether (sulfide) groups is 1. The van der Waals surface area contributed by atoms with Crippen molar-refractivity contribution in [2.45, 2.75) is 32.2 Å². The minimum atomic E-state index is -0.500. The van der Waals surface area contributed by atoms with Gasteiger partial charge < -0.3 is 10.2 Å². The van der Waals surface area contributed by atoms with E-state index in [0.717, 1.165) is 11.3 Å². The van der Waals surface area contributed by atoms with Crippen molar-refractivity contribution in [1.29, 1.82) is 0 Å². The summed E-state index contributed by atoms with van der Waals surface area (Å²) >= 11 is 1.57. The van der Waals surface area contributed by atoms with Gasteiger partial charge in [0.2, 0.25) is 11.8 Å². The standard InChI is InChI=1S/C21H26N2O2S/c1-3-22-21(25)17(2)23(14-18-10-6-4-7-11-18)20(24)16-26-15-19-12-8-5-9-13-19/h4-13,17H,3,14-16H2,1-2H3,(H,22,25)/t17-/m0/s1. The molecule has 0 heterocycles. The summed E-state index contributed by atoms with van der Waals surface area (Å²) in [5.41, 5.74) is 2.21. The number of nitrogens with zero attached hydrogens (tertiary/aromatic N) is 1. The monoisotopic (exact) mass is 370 g/mol. The third-order valence-corrected chi connectivity index (χ3v) is 5.04. The zero-order chi connectivity index (χ0) is 18.8. The molecule has 2 aromatic carbocycles. The minimum Gasteiger partial charge on any atom is -0.355 e. The van der Waals surface area contributed by atoms with E-state index in [-0.39, 0.29) is 11.8 Å². The van der Waals surface area contributed by atoms with E-state index in [1.165, 1.54) is 5.56 Å². The summed E-state index contributed by atoms with van der Waals surface area (Å²) in [6.07, 6.45) is 0. The van der Waals surface area contributed by atoms with Crippen LogP contribution in [0.2, 0.25) is 0 Å². The SMILES string of the molecule is CCNC(=O)[C@H](C)N(Cc1ccccc1)C(=O)CSCc1ccccc1. The molecule has 0 spiro atoms. The number of rotatable bonds is 9. The van der Waals surface area contributed by atoms with Gasteiger partial charge in [-0.1, -0.05) is 60.7 Å². The molecule has 0 fully saturated rings. The van der Waals surface area contributed by atoms with Gasteiger partial charge in [-0.2, -0.15) is 0 Å². The molecule has 2 aromatic rings. The molecule has 2 rings (SSSR count). The maximum atomic E-state index is 12.8. The Kier molecular flexibility index (Phi) is 8.22. The number of hydrogen-bond donors (Lipinski definition) is 1. The van der Waals surface area contributed by atoms with Crippen LogP contribution in [0.5, 0.6) is 0 Å². The lowest BCUT2D eigenvalue weighted by molar-refractivity contribution is -0.138. The quantitative estimate of drug-likeness (QED) is 0.735. The molecule has 5 heteroatoms. The lowest BCUT2D eigenvalue weighted by atomic mass is 10.1. The van der Waals surface area contributed by atoms with Gasteiger partial charge in [0.15, 0.2) is 0 Å². The number of likely N-dealkylation sites (N-methyl/N-ethyl adjacent to an activating group) is 1. The van der Waals surface area contributed by atoms with Gasteiger partial charge >= 0.3 is 0 Å². The van der Waals surface area contributed by atoms with Crippen LogP contribution in [0.25, 0.3) is 0 Å². The van der Waals surface area contributed by atoms with E-state index in [9.17, 15) is 9.59 Å². The largest absolute Gasteiger partial charge is 0.355 e. The van der Waals surface area contributed by atoms with Crippen LogP contribution in [0.1, 0.15) is 25.0 Å². The molecule has 2 amide bonds. The molecule has 0 aliphatic heterocycles. The van der Waals surface area contributed by atoms with Gasteiger partial charge in [0.1, 0.15) is 6.04 Å². The highest BCUT2D eigenvalue weighted by Crippen LogP contribution is 2.15. The third kappa shape index (κ3) is 6.23. The summed E-state index contributed by atoms with van der Waals surface area (Å²) in [6, 6.07) is 19.4. The average Bonchev–Trinajstić information content (AvgIpc) is 2.67. The molecule has 0 aliphatic carbocycles. The Morgan fingerprint density at radius 1 is 1.00 bits per heavy atom. The van der Waals surface area contributed by atoms with Crippen LogP contribution in [0, 0.1) is 0 Å². The summed E-state index contributed by atoms with van der Waals surface area (Å²) < 4.78 is 0. The molecular weight excluding hydrogens is 344 g/mol. The van der Waals surface area contributed by atoms with E-state index in [4.69, 9.17) is 0 Å². The average molecular weight is 371 g/mol. The summed E-state index contributed by atoms with van der Waals surface area (Å²) in [7, 11) is 0. The predicted octanol–water partition coefficient (Wildman–Crippen LogP) is 3.47. The van der Waals surface area contributed by atoms with Crippen molar-refractivity contribution >= 4 is 23.6 Å². The summed E-state index contributed by atoms with van der Waals surface area (Å²) in [6.45, 7) is 4.65. The zero-order valence-electron chi connectivity index (χ0n) is 15.4. The molecule has 4 nitrogen and oxygen atoms in total. The summed E-state index contributed by atoms with van der Waals surface area (Å²) in [4.78, 5) is 26.7. The number of hydrogen-bond acceptors (Lipinski definition) is 3. The Morgan fingerprint density at radius 3 is 2.15 bits per heavy atom. The Bertz CT molecular complexity index is 692. The molecule has 0 bridgehead atoms. The van der Waals surface area contributed by atoms with Gasteiger partial charge in [0.25, 0.3) is 0 Å². The first-order valence-corrected chi connectivity index (χ1v) is 10.00. The number of benzene rings is 2. The topological polar surface area (TPSA) is 49.4 Å². The second-order valence-electron chi connectivity index (χ2n) is 6.06. The van der Waals surface area contributed by atoms with Crippen molar-refractivity contribution in [3.05, 3.63) is 71.8 Å². The first-order chi connectivity index (χ1) is 12.6. The minimum absolute atomic E-state index is 0.0199. The normalized spacial score (nSPS) is 11.6. The fourth-order valence-corrected chi connectivity index (χ4v) is 3.47. The van der Waals surface area contributed by atoms with Gasteiger partial charge in [-0.25, -0.2) is 0 Å². The fourth-order valence-electron chi connectivity index (χ4n) is 2.60. The molecule has 138 valence electrons. The van der Waals surface area contributed by atoms with Crippen LogP contribution < -0.4 is 5.32 Å². The second kappa shape index (κ2) is 10.7. The van der Waals surface area contributed by atoms with E-state index in [0.29, 0.717) is 18.8 Å². The van der Waals surface area contributed by atoms with Crippen LogP contribution in [0.15, 0.2) is 60.7 Å². The molecular formula is C21H26N2O2S. The highest BCUT2D eigenvalue weighted by molar-refractivity contribution is 7.99. The molecule has 0 unspecified atom stereocenters. The molecule has 0 saturated carbocycles. The molecule has 26 heavy (non-hydrogen) atoms. The molecule has 0 aromatic heterocycles. The molecule has 0 radical (unpaired) electrons. The molecule has 1 N–H and O–H groups in total. The van der Waals surface area contributed by atoms with Gasteiger partial charge in [-0.05, 0) is 25.0 Å². The van der Waals surface area contributed by atoms with E-state index >= 15 is 0 Å². The Balaban J connectivity index is 2.01. The van der Waals surface area contributed by atoms with E-state index in [1.807, 2.05) is 55.5 Å². The van der Waals surface area contributed by atoms with Crippen LogP contribution in [-0.4, -0.2) is 35.1 Å². The first-order valence-electron chi connectivity index (χ1n) is 8.84. The van der Waals surface area contributed by atoms with Gasteiger partial charge in [0.05, 0.1) is 5.75 Å². The van der Waals surface area contributed by atoms with Crippen molar-refractivity contribution in [3.8, 4) is 0 Å². The van der Waals surface area contributed by atoms with Crippen LogP contribution >= 0.6 is 11.8 Å². The van der Waals surface area contributed by atoms with Crippen LogP contribution in [-0.2, 0) is 21.9 Å². The number of amides is 2. The molecule has 0 saturated heterocycles. The maximum absolute atomic E-state index is 12.8. The maximum Gasteiger partial charge on any atom is 0.242 e. The highest BCUT2D eigenvalue weighted by atomic mass is 32.2. The van der Waals surface area contributed by atoms with E-state index in [2.05, 4.69) is 17.4 Å². The smallest absolute Gasteiger partial charge is 0.242 e. The third-order valence-electron chi connectivity index (χ3n) is 4.05. The Hall–Kier alpha value is -2.27. The van der Waals surface area contributed by atoms with Crippen LogP contribution in [0.4, 0.5) is 0 Å². The molecule has 0 aliphatic rings. The van der Waals surface area contributed by atoms with Gasteiger partial charge in [-0.15, -0.1) is 11.8 Å². The fraction of sp³-hybridized carbons (Fsp3) is 0.333. The summed E-state index contributed by atoms with van der Waals surface area (Å²) in [5.74, 6) is 0.991. The number of nitrogens with one attached hydrogen (secondary N) is 1. The summed E-state index contributed by atoms with van der Waals surface area (Å²) in [5, 5.41) is 2.81. The molecule has 1 atom stereocenters. The zero-order valence-corrected chi connectivity index (χ0v) is 16.2. The van der Waals surface area contributed by atoms with Crippen molar-refractivity contribution in [2.24, 2.45) is 0 Å². The highest BCUT2D eigenvalue weighted by Gasteiger charge is 2.25. The van der Waals surface area contributed by atoms with Crippen molar-refractivity contribution in [1.82, 2.24) is 10.2 Å². The number of carbonyl (C=O) groups excluding carboxylic acids is 2. The van der Waals surface area contributed by atoms with Crippen molar-refractivity contribution < 1.29 is 9.59 Å². The van der Waals surface area contributed by atoms with Crippen LogP contribution in [0.3, 0.4) is 0 Å². The van der Waals surface area contributed by atoms with E-state index < -0.39 is 6.04 Å². The second-order valence-corrected chi connectivity index (χ2v) is 7.04. The lowest BCUT2D eigenvalue weighted by Crippen LogP contribution is -2.48. The van der Waals surface area contributed by atoms with Gasteiger partial charge in [0, 0.05) is 18.8 Å². The van der Waals surface area contributed by atoms with Crippen molar-refractivity contribution in [2.75, 3.05) is 12.3 Å². The predicted molar refractivity (Wildman–Crippen MR) is 108 cm³/mol.